The zero-order chi connectivity index (χ0) is 8.97. The number of aryl methyl sites for hydroxylation is 1. The molecule has 13 heavy (non-hydrogen) atoms. The number of nitrogens with one attached hydrogen (secondary N) is 1. The van der Waals surface area contributed by atoms with Gasteiger partial charge in [-0.2, -0.15) is 0 Å². The first-order chi connectivity index (χ1) is 5.74. The lowest BCUT2D eigenvalue weighted by molar-refractivity contribution is 0.922. The van der Waals surface area contributed by atoms with E-state index in [0.29, 0.717) is 0 Å². The molecule has 3 heteroatoms. The molecule has 0 aliphatic carbocycles. The molecule has 0 heterocycles. The SMILES string of the molecule is CCCc1ccc(C(=N)N)cc1.Cl. The van der Waals surface area contributed by atoms with Crippen LogP contribution in [0.25, 0.3) is 0 Å². The molecule has 1 aromatic carbocycles. The molecule has 0 aliphatic rings. The summed E-state index contributed by atoms with van der Waals surface area (Å²) in [7, 11) is 0. The van der Waals surface area contributed by atoms with Gasteiger partial charge in [0.1, 0.15) is 5.84 Å². The Kier molecular flexibility index (Phi) is 5.16. The molecule has 0 aromatic heterocycles. The van der Waals surface area contributed by atoms with Gasteiger partial charge in [-0.1, -0.05) is 37.6 Å². The van der Waals surface area contributed by atoms with E-state index in [9.17, 15) is 0 Å². The van der Waals surface area contributed by atoms with Gasteiger partial charge in [0.15, 0.2) is 0 Å². The van der Waals surface area contributed by atoms with Crippen LogP contribution in [0.1, 0.15) is 24.5 Å². The summed E-state index contributed by atoms with van der Waals surface area (Å²) in [6, 6.07) is 7.85. The van der Waals surface area contributed by atoms with Crippen LogP contribution in [0.5, 0.6) is 0 Å². The van der Waals surface area contributed by atoms with Crippen LogP contribution in [0.2, 0.25) is 0 Å². The summed E-state index contributed by atoms with van der Waals surface area (Å²) in [6.45, 7) is 2.15. The van der Waals surface area contributed by atoms with Crippen molar-refractivity contribution in [3.8, 4) is 0 Å². The summed E-state index contributed by atoms with van der Waals surface area (Å²) in [5.41, 5.74) is 7.43. The van der Waals surface area contributed by atoms with E-state index in [2.05, 4.69) is 6.92 Å². The number of hydrogen-bond acceptors (Lipinski definition) is 1. The lowest BCUT2D eigenvalue weighted by atomic mass is 10.1. The average molecular weight is 199 g/mol. The minimum Gasteiger partial charge on any atom is -0.384 e. The summed E-state index contributed by atoms with van der Waals surface area (Å²) in [5.74, 6) is 0.137. The number of amidine groups is 1. The molecule has 0 unspecified atom stereocenters. The Bertz CT molecular complexity index is 267. The van der Waals surface area contributed by atoms with E-state index in [1.165, 1.54) is 5.56 Å². The predicted octanol–water partition coefficient (Wildman–Crippen LogP) is 2.34. The Hall–Kier alpha value is -1.02. The molecular formula is C10H15ClN2. The first kappa shape index (κ1) is 12.0. The van der Waals surface area contributed by atoms with Crippen molar-refractivity contribution in [2.45, 2.75) is 19.8 Å². The lowest BCUT2D eigenvalue weighted by Gasteiger charge is -2.00. The second-order valence-corrected chi connectivity index (χ2v) is 2.86. The van der Waals surface area contributed by atoms with Gasteiger partial charge in [-0.05, 0) is 12.0 Å². The van der Waals surface area contributed by atoms with E-state index in [1.807, 2.05) is 24.3 Å². The topological polar surface area (TPSA) is 49.9 Å². The van der Waals surface area contributed by atoms with E-state index in [-0.39, 0.29) is 18.2 Å². The molecule has 0 radical (unpaired) electrons. The monoisotopic (exact) mass is 198 g/mol. The van der Waals surface area contributed by atoms with Crippen LogP contribution in [0.3, 0.4) is 0 Å². The Morgan fingerprint density at radius 2 is 1.85 bits per heavy atom. The van der Waals surface area contributed by atoms with Crippen molar-refractivity contribution in [2.24, 2.45) is 5.73 Å². The predicted molar refractivity (Wildman–Crippen MR) is 58.7 cm³/mol. The first-order valence-corrected chi connectivity index (χ1v) is 4.17. The standard InChI is InChI=1S/C10H14N2.ClH/c1-2-3-8-4-6-9(7-5-8)10(11)12;/h4-7H,2-3H2,1H3,(H3,11,12);1H. The third-order valence-corrected chi connectivity index (χ3v) is 1.80. The number of halogens is 1. The molecule has 0 saturated heterocycles. The van der Waals surface area contributed by atoms with Crippen LogP contribution in [-0.2, 0) is 6.42 Å². The van der Waals surface area contributed by atoms with Crippen LogP contribution in [0.15, 0.2) is 24.3 Å². The van der Waals surface area contributed by atoms with E-state index in [0.717, 1.165) is 18.4 Å². The van der Waals surface area contributed by atoms with Crippen LogP contribution in [-0.4, -0.2) is 5.84 Å². The number of hydrogen-bond donors (Lipinski definition) is 2. The van der Waals surface area contributed by atoms with E-state index >= 15 is 0 Å². The number of rotatable bonds is 3. The molecule has 3 N–H and O–H groups in total. The fraction of sp³-hybridized carbons (Fsp3) is 0.300. The minimum absolute atomic E-state index is 0. The average Bonchev–Trinajstić information content (AvgIpc) is 2.06. The third kappa shape index (κ3) is 3.47. The van der Waals surface area contributed by atoms with Gasteiger partial charge in [0.25, 0.3) is 0 Å². The Balaban J connectivity index is 0.00000144. The highest BCUT2D eigenvalue weighted by atomic mass is 35.5. The summed E-state index contributed by atoms with van der Waals surface area (Å²) in [6.07, 6.45) is 2.25. The molecule has 1 rings (SSSR count). The van der Waals surface area contributed by atoms with Crippen LogP contribution < -0.4 is 5.73 Å². The van der Waals surface area contributed by atoms with Crippen LogP contribution in [0.4, 0.5) is 0 Å². The van der Waals surface area contributed by atoms with Crippen molar-refractivity contribution in [1.82, 2.24) is 0 Å². The maximum absolute atomic E-state index is 7.19. The van der Waals surface area contributed by atoms with E-state index in [1.54, 1.807) is 0 Å². The zero-order valence-electron chi connectivity index (χ0n) is 7.71. The van der Waals surface area contributed by atoms with Crippen molar-refractivity contribution in [2.75, 3.05) is 0 Å². The fourth-order valence-corrected chi connectivity index (χ4v) is 1.14. The third-order valence-electron chi connectivity index (χ3n) is 1.80. The molecule has 0 bridgehead atoms. The van der Waals surface area contributed by atoms with Gasteiger partial charge in [0.2, 0.25) is 0 Å². The largest absolute Gasteiger partial charge is 0.384 e. The van der Waals surface area contributed by atoms with Crippen LogP contribution in [0, 0.1) is 5.41 Å². The highest BCUT2D eigenvalue weighted by molar-refractivity contribution is 5.94. The van der Waals surface area contributed by atoms with Crippen molar-refractivity contribution >= 4 is 18.2 Å². The highest BCUT2D eigenvalue weighted by Gasteiger charge is 1.95. The van der Waals surface area contributed by atoms with Crippen LogP contribution >= 0.6 is 12.4 Å². The molecule has 72 valence electrons. The quantitative estimate of drug-likeness (QED) is 0.569. The van der Waals surface area contributed by atoms with Crippen molar-refractivity contribution < 1.29 is 0 Å². The smallest absolute Gasteiger partial charge is 0.122 e. The first-order valence-electron chi connectivity index (χ1n) is 4.17. The molecule has 2 nitrogen and oxygen atoms in total. The maximum atomic E-state index is 7.19. The molecule has 0 atom stereocenters. The molecule has 0 spiro atoms. The van der Waals surface area contributed by atoms with Gasteiger partial charge in [0, 0.05) is 5.56 Å². The zero-order valence-corrected chi connectivity index (χ0v) is 8.53. The lowest BCUT2D eigenvalue weighted by Crippen LogP contribution is -2.10. The Morgan fingerprint density at radius 1 is 1.31 bits per heavy atom. The second kappa shape index (κ2) is 5.60. The normalized spacial score (nSPS) is 9.00. The van der Waals surface area contributed by atoms with Gasteiger partial charge >= 0.3 is 0 Å². The molecule has 0 aliphatic heterocycles. The molecule has 0 fully saturated rings. The number of benzene rings is 1. The molecule has 1 aromatic rings. The highest BCUT2D eigenvalue weighted by Crippen LogP contribution is 2.05. The minimum atomic E-state index is 0. The van der Waals surface area contributed by atoms with Gasteiger partial charge in [-0.25, -0.2) is 0 Å². The fourth-order valence-electron chi connectivity index (χ4n) is 1.14. The summed E-state index contributed by atoms with van der Waals surface area (Å²) in [5, 5.41) is 7.19. The molecule has 0 saturated carbocycles. The maximum Gasteiger partial charge on any atom is 0.122 e. The van der Waals surface area contributed by atoms with Gasteiger partial charge in [0.05, 0.1) is 0 Å². The summed E-state index contributed by atoms with van der Waals surface area (Å²) in [4.78, 5) is 0. The second-order valence-electron chi connectivity index (χ2n) is 2.86. The summed E-state index contributed by atoms with van der Waals surface area (Å²) >= 11 is 0. The number of nitrogens with two attached hydrogens (primary N) is 1. The van der Waals surface area contributed by atoms with E-state index < -0.39 is 0 Å². The van der Waals surface area contributed by atoms with Crippen molar-refractivity contribution in [3.63, 3.8) is 0 Å². The van der Waals surface area contributed by atoms with Crippen molar-refractivity contribution in [3.05, 3.63) is 35.4 Å². The Morgan fingerprint density at radius 3 is 2.23 bits per heavy atom. The molecule has 0 amide bonds. The summed E-state index contributed by atoms with van der Waals surface area (Å²) < 4.78 is 0. The van der Waals surface area contributed by atoms with Crippen molar-refractivity contribution in [1.29, 1.82) is 5.41 Å². The van der Waals surface area contributed by atoms with E-state index in [4.69, 9.17) is 11.1 Å². The van der Waals surface area contributed by atoms with Gasteiger partial charge in [-0.3, -0.25) is 5.41 Å². The molecular weight excluding hydrogens is 184 g/mol. The Labute approximate surface area is 85.1 Å². The van der Waals surface area contributed by atoms with Gasteiger partial charge < -0.3 is 5.73 Å². The van der Waals surface area contributed by atoms with Gasteiger partial charge in [-0.15, -0.1) is 12.4 Å². The number of nitrogen functional groups attached to an aromatic ring is 1.